The normalized spacial score (nSPS) is 17.0. The molecule has 6 nitrogen and oxygen atoms in total. The van der Waals surface area contributed by atoms with E-state index in [1.165, 1.54) is 23.1 Å². The van der Waals surface area contributed by atoms with Gasteiger partial charge in [-0.25, -0.2) is 0 Å². The van der Waals surface area contributed by atoms with E-state index in [9.17, 15) is 18.0 Å². The fraction of sp³-hybridized carbons (Fsp3) is 0.450. The van der Waals surface area contributed by atoms with Gasteiger partial charge in [0.1, 0.15) is 17.4 Å². The third-order valence-corrected chi connectivity index (χ3v) is 5.08. The third-order valence-electron chi connectivity index (χ3n) is 5.08. The van der Waals surface area contributed by atoms with Gasteiger partial charge >= 0.3 is 6.18 Å². The molecule has 0 fully saturated rings. The Hall–Kier alpha value is -2.68. The molecule has 3 rings (SSSR count). The number of halogens is 3. The molecule has 0 aliphatic carbocycles. The predicted molar refractivity (Wildman–Crippen MR) is 103 cm³/mol. The quantitative estimate of drug-likeness (QED) is 0.729. The molecule has 1 amide bonds. The van der Waals surface area contributed by atoms with Gasteiger partial charge in [0.25, 0.3) is 5.91 Å². The van der Waals surface area contributed by atoms with Crippen molar-refractivity contribution in [3.05, 3.63) is 46.8 Å². The monoisotopic (exact) mass is 408 g/mol. The van der Waals surface area contributed by atoms with Crippen LogP contribution in [-0.4, -0.2) is 48.4 Å². The Kier molecular flexibility index (Phi) is 6.07. The van der Waals surface area contributed by atoms with Crippen molar-refractivity contribution in [3.8, 4) is 0 Å². The van der Waals surface area contributed by atoms with Crippen molar-refractivity contribution in [2.45, 2.75) is 33.0 Å². The van der Waals surface area contributed by atoms with Gasteiger partial charge in [0.15, 0.2) is 5.76 Å². The second-order valence-electron chi connectivity index (χ2n) is 6.76. The van der Waals surface area contributed by atoms with E-state index < -0.39 is 23.7 Å². The lowest BCUT2D eigenvalue weighted by Gasteiger charge is -2.25. The summed E-state index contributed by atoms with van der Waals surface area (Å²) in [5.74, 6) is -0.0374. The number of carbonyl (C=O) groups is 1. The van der Waals surface area contributed by atoms with Crippen LogP contribution in [0.1, 0.15) is 42.5 Å². The predicted octanol–water partition coefficient (Wildman–Crippen LogP) is 3.85. The highest BCUT2D eigenvalue weighted by molar-refractivity contribution is 6.33. The summed E-state index contributed by atoms with van der Waals surface area (Å²) >= 11 is 0. The van der Waals surface area contributed by atoms with Crippen LogP contribution < -0.4 is 4.90 Å². The molecule has 9 heteroatoms. The Morgan fingerprint density at radius 2 is 1.90 bits per heavy atom. The molecule has 2 heterocycles. The number of hydrogen-bond donors (Lipinski definition) is 0. The molecule has 0 N–H and O–H groups in total. The molecule has 1 aromatic carbocycles. The molecular weight excluding hydrogens is 385 g/mol. The van der Waals surface area contributed by atoms with E-state index in [1.54, 1.807) is 6.92 Å². The van der Waals surface area contributed by atoms with Gasteiger partial charge in [0.05, 0.1) is 11.8 Å². The van der Waals surface area contributed by atoms with E-state index in [0.29, 0.717) is 24.5 Å². The summed E-state index contributed by atoms with van der Waals surface area (Å²) in [4.78, 5) is 20.5. The molecule has 1 aliphatic rings. The lowest BCUT2D eigenvalue weighted by molar-refractivity contribution is -0.138. The molecule has 0 spiro atoms. The Morgan fingerprint density at radius 1 is 1.21 bits per heavy atom. The number of amides is 1. The highest BCUT2D eigenvalue weighted by Gasteiger charge is 2.39. The molecule has 1 unspecified atom stereocenters. The topological polar surface area (TPSA) is 61.9 Å². The third kappa shape index (κ3) is 4.19. The maximum atomic E-state index is 13.5. The fourth-order valence-electron chi connectivity index (χ4n) is 3.51. The molecule has 1 aliphatic heterocycles. The molecule has 0 bridgehead atoms. The van der Waals surface area contributed by atoms with E-state index in [4.69, 9.17) is 4.52 Å². The van der Waals surface area contributed by atoms with Gasteiger partial charge in [-0.05, 0) is 31.6 Å². The first kappa shape index (κ1) is 21.0. The zero-order valence-corrected chi connectivity index (χ0v) is 16.5. The molecule has 2 aromatic rings. The van der Waals surface area contributed by atoms with Gasteiger partial charge in [0, 0.05) is 13.1 Å². The van der Waals surface area contributed by atoms with Crippen molar-refractivity contribution < 1.29 is 22.5 Å². The minimum atomic E-state index is -4.55. The smallest absolute Gasteiger partial charge is 0.359 e. The minimum Gasteiger partial charge on any atom is -0.359 e. The number of anilines is 1. The molecule has 0 radical (unpaired) electrons. The van der Waals surface area contributed by atoms with Gasteiger partial charge in [-0.1, -0.05) is 37.2 Å². The van der Waals surface area contributed by atoms with Crippen LogP contribution in [0, 0.1) is 6.92 Å². The molecule has 0 saturated carbocycles. The summed E-state index contributed by atoms with van der Waals surface area (Å²) in [6.07, 6.45) is -3.47. The number of benzene rings is 1. The summed E-state index contributed by atoms with van der Waals surface area (Å²) in [5, 5.41) is 3.99. The average molecular weight is 408 g/mol. The van der Waals surface area contributed by atoms with Gasteiger partial charge in [-0.2, -0.15) is 13.2 Å². The molecule has 29 heavy (non-hydrogen) atoms. The molecule has 1 aromatic heterocycles. The number of rotatable bonds is 6. The maximum Gasteiger partial charge on any atom is 0.416 e. The van der Waals surface area contributed by atoms with Crippen molar-refractivity contribution >= 4 is 17.8 Å². The van der Waals surface area contributed by atoms with Gasteiger partial charge in [-0.15, -0.1) is 0 Å². The number of aryl methyl sites for hydroxylation is 1. The van der Waals surface area contributed by atoms with E-state index in [-0.39, 0.29) is 11.3 Å². The number of aromatic nitrogens is 1. The lowest BCUT2D eigenvalue weighted by atomic mass is 9.97. The molecular formula is C20H23F3N4O2. The van der Waals surface area contributed by atoms with Gasteiger partial charge < -0.3 is 14.3 Å². The maximum absolute atomic E-state index is 13.5. The van der Waals surface area contributed by atoms with E-state index in [1.807, 2.05) is 13.8 Å². The molecule has 156 valence electrons. The number of likely N-dealkylation sites (N-methyl/N-ethyl adjacent to an activating group) is 1. The first-order valence-corrected chi connectivity index (χ1v) is 9.47. The average Bonchev–Trinajstić information content (AvgIpc) is 2.99. The minimum absolute atomic E-state index is 0.0656. The van der Waals surface area contributed by atoms with Crippen LogP contribution in [-0.2, 0) is 11.0 Å². The van der Waals surface area contributed by atoms with Crippen LogP contribution in [0.4, 0.5) is 18.9 Å². The van der Waals surface area contributed by atoms with Crippen molar-refractivity contribution in [1.82, 2.24) is 10.1 Å². The second-order valence-corrected chi connectivity index (χ2v) is 6.76. The Labute approximate surface area is 167 Å². The fourth-order valence-corrected chi connectivity index (χ4v) is 3.51. The lowest BCUT2D eigenvalue weighted by Crippen LogP contribution is -2.39. The SMILES string of the molecule is CCN(CC)CCN1C(=O)C=NC(c2ccccc2C(F)(F)F)c2noc(C)c21. The largest absolute Gasteiger partial charge is 0.416 e. The summed E-state index contributed by atoms with van der Waals surface area (Å²) in [5.41, 5.74) is -0.274. The second kappa shape index (κ2) is 8.36. The Balaban J connectivity index is 2.06. The van der Waals surface area contributed by atoms with Gasteiger partial charge in [0.2, 0.25) is 0 Å². The van der Waals surface area contributed by atoms with E-state index in [0.717, 1.165) is 25.4 Å². The Morgan fingerprint density at radius 3 is 2.55 bits per heavy atom. The van der Waals surface area contributed by atoms with Crippen molar-refractivity contribution in [2.75, 3.05) is 31.1 Å². The van der Waals surface area contributed by atoms with Crippen LogP contribution in [0.15, 0.2) is 33.8 Å². The number of carbonyl (C=O) groups excluding carboxylic acids is 1. The zero-order chi connectivity index (χ0) is 21.2. The van der Waals surface area contributed by atoms with Crippen molar-refractivity contribution in [3.63, 3.8) is 0 Å². The summed E-state index contributed by atoms with van der Waals surface area (Å²) in [7, 11) is 0. The number of hydrogen-bond acceptors (Lipinski definition) is 5. The molecule has 0 saturated heterocycles. The number of alkyl halides is 3. The summed E-state index contributed by atoms with van der Waals surface area (Å²) < 4.78 is 45.9. The molecule has 1 atom stereocenters. The van der Waals surface area contributed by atoms with Crippen LogP contribution in [0.2, 0.25) is 0 Å². The zero-order valence-electron chi connectivity index (χ0n) is 16.5. The first-order valence-electron chi connectivity index (χ1n) is 9.47. The number of nitrogens with zero attached hydrogens (tertiary/aromatic N) is 4. The van der Waals surface area contributed by atoms with Crippen molar-refractivity contribution in [1.29, 1.82) is 0 Å². The number of fused-ring (bicyclic) bond motifs is 1. The standard InChI is InChI=1S/C20H23F3N4O2/c1-4-26(5-2)10-11-27-16(28)12-24-17(18-19(27)13(3)29-25-18)14-8-6-7-9-15(14)20(21,22)23/h6-9,12,17H,4-5,10-11H2,1-3H3. The van der Waals surface area contributed by atoms with Crippen LogP contribution >= 0.6 is 0 Å². The van der Waals surface area contributed by atoms with Crippen LogP contribution in [0.5, 0.6) is 0 Å². The van der Waals surface area contributed by atoms with Crippen molar-refractivity contribution in [2.24, 2.45) is 4.99 Å². The highest BCUT2D eigenvalue weighted by atomic mass is 19.4. The number of aliphatic imine (C=N–C) groups is 1. The van der Waals surface area contributed by atoms with E-state index in [2.05, 4.69) is 15.0 Å². The summed E-state index contributed by atoms with van der Waals surface area (Å²) in [6.45, 7) is 8.30. The van der Waals surface area contributed by atoms with Gasteiger partial charge in [-0.3, -0.25) is 9.79 Å². The van der Waals surface area contributed by atoms with E-state index >= 15 is 0 Å². The highest BCUT2D eigenvalue weighted by Crippen LogP contribution is 2.42. The first-order chi connectivity index (χ1) is 13.8. The summed E-state index contributed by atoms with van der Waals surface area (Å²) in [6, 6.07) is 4.11. The Bertz CT molecular complexity index is 903. The van der Waals surface area contributed by atoms with Crippen LogP contribution in [0.25, 0.3) is 0 Å². The van der Waals surface area contributed by atoms with Crippen LogP contribution in [0.3, 0.4) is 0 Å².